The quantitative estimate of drug-likeness (QED) is 0.499. The van der Waals surface area contributed by atoms with Gasteiger partial charge in [-0.3, -0.25) is 0 Å². The molecule has 0 saturated carbocycles. The lowest BCUT2D eigenvalue weighted by Crippen LogP contribution is -2.00. The number of rotatable bonds is 5. The zero-order chi connectivity index (χ0) is 18.8. The largest absolute Gasteiger partial charge is 0.385 e. The maximum absolute atomic E-state index is 13.2. The number of anilines is 1. The van der Waals surface area contributed by atoms with E-state index in [1.165, 1.54) is 17.7 Å². The van der Waals surface area contributed by atoms with Crippen molar-refractivity contribution in [3.63, 3.8) is 0 Å². The number of H-pyrrole nitrogens is 1. The molecule has 0 aliphatic rings. The van der Waals surface area contributed by atoms with E-state index in [0.29, 0.717) is 0 Å². The van der Waals surface area contributed by atoms with Crippen LogP contribution in [0.1, 0.15) is 19.4 Å². The van der Waals surface area contributed by atoms with Crippen LogP contribution in [0.3, 0.4) is 0 Å². The molecular weight excluding hydrogens is 339 g/mol. The maximum Gasteiger partial charge on any atom is 0.141 e. The van der Waals surface area contributed by atoms with Gasteiger partial charge in [0.1, 0.15) is 17.8 Å². The highest BCUT2D eigenvalue weighted by Crippen LogP contribution is 2.31. The first-order valence-electron chi connectivity index (χ1n) is 9.16. The number of benzene rings is 2. The highest BCUT2D eigenvalue weighted by molar-refractivity contribution is 5.94. The number of hydrogen-bond acceptors (Lipinski definition) is 3. The summed E-state index contributed by atoms with van der Waals surface area (Å²) in [5.41, 5.74) is 6.95. The predicted molar refractivity (Wildman–Crippen MR) is 108 cm³/mol. The number of fused-ring (bicyclic) bond motifs is 1. The van der Waals surface area contributed by atoms with E-state index in [1.54, 1.807) is 18.5 Å². The maximum atomic E-state index is 13.2. The van der Waals surface area contributed by atoms with Gasteiger partial charge in [0.2, 0.25) is 0 Å². The average Bonchev–Trinajstić information content (AvgIpc) is 3.13. The van der Waals surface area contributed by atoms with Crippen LogP contribution in [0.25, 0.3) is 33.5 Å². The summed E-state index contributed by atoms with van der Waals surface area (Å²) in [6.45, 7) is 5.14. The molecule has 5 heteroatoms. The van der Waals surface area contributed by atoms with Crippen LogP contribution in [0, 0.1) is 5.82 Å². The number of nitrogens with zero attached hydrogens (tertiary/aromatic N) is 2. The van der Waals surface area contributed by atoms with E-state index in [2.05, 4.69) is 52.3 Å². The van der Waals surface area contributed by atoms with Crippen molar-refractivity contribution in [2.75, 3.05) is 11.9 Å². The molecule has 0 aliphatic heterocycles. The van der Waals surface area contributed by atoms with Gasteiger partial charge in [-0.2, -0.15) is 0 Å². The molecule has 2 aromatic carbocycles. The van der Waals surface area contributed by atoms with Gasteiger partial charge in [-0.15, -0.1) is 0 Å². The molecule has 27 heavy (non-hydrogen) atoms. The highest BCUT2D eigenvalue weighted by atomic mass is 19.1. The fraction of sp³-hybridized carbons (Fsp3) is 0.182. The van der Waals surface area contributed by atoms with Gasteiger partial charge in [0, 0.05) is 28.9 Å². The normalized spacial score (nSPS) is 11.1. The zero-order valence-corrected chi connectivity index (χ0v) is 15.4. The predicted octanol–water partition coefficient (Wildman–Crippen LogP) is 5.43. The fourth-order valence-corrected chi connectivity index (χ4v) is 3.35. The zero-order valence-electron chi connectivity index (χ0n) is 15.4. The van der Waals surface area contributed by atoms with Crippen molar-refractivity contribution in [3.8, 4) is 22.5 Å². The number of aromatic nitrogens is 3. The second-order valence-electron chi connectivity index (χ2n) is 6.43. The first kappa shape index (κ1) is 17.2. The molecule has 0 saturated heterocycles. The Morgan fingerprint density at radius 3 is 2.48 bits per heavy atom. The lowest BCUT2D eigenvalue weighted by atomic mass is 10.0. The van der Waals surface area contributed by atoms with Crippen LogP contribution < -0.4 is 5.32 Å². The topological polar surface area (TPSA) is 53.6 Å². The molecule has 0 amide bonds. The summed E-state index contributed by atoms with van der Waals surface area (Å²) < 4.78 is 13.2. The number of hydrogen-bond donors (Lipinski definition) is 2. The summed E-state index contributed by atoms with van der Waals surface area (Å²) in [5, 5.41) is 4.36. The Morgan fingerprint density at radius 1 is 0.963 bits per heavy atom. The molecule has 136 valence electrons. The molecule has 0 bridgehead atoms. The first-order chi connectivity index (χ1) is 13.2. The molecule has 0 unspecified atom stereocenters. The fourth-order valence-electron chi connectivity index (χ4n) is 3.35. The van der Waals surface area contributed by atoms with E-state index in [4.69, 9.17) is 0 Å². The van der Waals surface area contributed by atoms with Crippen molar-refractivity contribution in [1.29, 1.82) is 0 Å². The van der Waals surface area contributed by atoms with Crippen LogP contribution in [-0.4, -0.2) is 21.5 Å². The molecule has 0 spiro atoms. The molecule has 4 nitrogen and oxygen atoms in total. The van der Waals surface area contributed by atoms with E-state index < -0.39 is 0 Å². The Morgan fingerprint density at radius 2 is 1.74 bits per heavy atom. The van der Waals surface area contributed by atoms with Gasteiger partial charge in [-0.05, 0) is 66.9 Å². The lowest BCUT2D eigenvalue weighted by molar-refractivity contribution is 0.628. The molecule has 2 heterocycles. The van der Waals surface area contributed by atoms with Crippen LogP contribution in [0.5, 0.6) is 0 Å². The SMILES string of the molecule is CCNc1ccc(-c2ncnc3[nH]c(-c4ccc(F)cc4)cc23)cc1CC. The van der Waals surface area contributed by atoms with Crippen LogP contribution in [0.2, 0.25) is 0 Å². The minimum absolute atomic E-state index is 0.247. The third-order valence-electron chi connectivity index (χ3n) is 4.71. The van der Waals surface area contributed by atoms with E-state index >= 15 is 0 Å². The standard InChI is InChI=1S/C22H21FN4/c1-3-14-11-16(7-10-19(14)24-4-2)21-18-12-20(27-22(18)26-13-25-21)15-5-8-17(23)9-6-15/h5-13,24H,3-4H2,1-2H3,(H,25,26,27). The van der Waals surface area contributed by atoms with Crippen LogP contribution >= 0.6 is 0 Å². The van der Waals surface area contributed by atoms with Gasteiger partial charge < -0.3 is 10.3 Å². The van der Waals surface area contributed by atoms with E-state index in [9.17, 15) is 4.39 Å². The van der Waals surface area contributed by atoms with Gasteiger partial charge in [-0.1, -0.05) is 13.0 Å². The van der Waals surface area contributed by atoms with Crippen molar-refractivity contribution in [1.82, 2.24) is 15.0 Å². The average molecular weight is 360 g/mol. The van der Waals surface area contributed by atoms with E-state index in [1.807, 2.05) is 6.07 Å². The van der Waals surface area contributed by atoms with Gasteiger partial charge in [0.25, 0.3) is 0 Å². The van der Waals surface area contributed by atoms with E-state index in [0.717, 1.165) is 52.2 Å². The summed E-state index contributed by atoms with van der Waals surface area (Å²) in [6.07, 6.45) is 2.52. The number of nitrogens with one attached hydrogen (secondary N) is 2. The van der Waals surface area contributed by atoms with Gasteiger partial charge >= 0.3 is 0 Å². The van der Waals surface area contributed by atoms with Crippen molar-refractivity contribution in [2.24, 2.45) is 0 Å². The van der Waals surface area contributed by atoms with Crippen molar-refractivity contribution in [3.05, 3.63) is 66.2 Å². The second-order valence-corrected chi connectivity index (χ2v) is 6.43. The number of halogens is 1. The number of aromatic amines is 1. The lowest BCUT2D eigenvalue weighted by Gasteiger charge is -2.11. The molecule has 2 N–H and O–H groups in total. The number of aryl methyl sites for hydroxylation is 1. The Kier molecular flexibility index (Phi) is 4.59. The monoisotopic (exact) mass is 360 g/mol. The van der Waals surface area contributed by atoms with Crippen LogP contribution in [0.15, 0.2) is 54.9 Å². The molecule has 0 atom stereocenters. The van der Waals surface area contributed by atoms with Gasteiger partial charge in [0.15, 0.2) is 0 Å². The summed E-state index contributed by atoms with van der Waals surface area (Å²) in [7, 11) is 0. The Balaban J connectivity index is 1.81. The Hall–Kier alpha value is -3.21. The molecule has 4 rings (SSSR count). The summed E-state index contributed by atoms with van der Waals surface area (Å²) in [5.74, 6) is -0.247. The minimum Gasteiger partial charge on any atom is -0.385 e. The van der Waals surface area contributed by atoms with Crippen molar-refractivity contribution < 1.29 is 4.39 Å². The van der Waals surface area contributed by atoms with Gasteiger partial charge in [0.05, 0.1) is 5.69 Å². The molecule has 0 aliphatic carbocycles. The molecule has 0 fully saturated rings. The smallest absolute Gasteiger partial charge is 0.141 e. The molecule has 4 aromatic rings. The van der Waals surface area contributed by atoms with Crippen LogP contribution in [0.4, 0.5) is 10.1 Å². The Labute approximate surface area is 157 Å². The summed E-state index contributed by atoms with van der Waals surface area (Å²) >= 11 is 0. The minimum atomic E-state index is -0.247. The van der Waals surface area contributed by atoms with Crippen LogP contribution in [-0.2, 0) is 6.42 Å². The van der Waals surface area contributed by atoms with Gasteiger partial charge in [-0.25, -0.2) is 14.4 Å². The second kappa shape index (κ2) is 7.19. The molecule has 0 radical (unpaired) electrons. The Bertz CT molecular complexity index is 1080. The van der Waals surface area contributed by atoms with E-state index in [-0.39, 0.29) is 5.82 Å². The third kappa shape index (κ3) is 3.28. The highest BCUT2D eigenvalue weighted by Gasteiger charge is 2.12. The van der Waals surface area contributed by atoms with Crippen molar-refractivity contribution in [2.45, 2.75) is 20.3 Å². The van der Waals surface area contributed by atoms with Crippen molar-refractivity contribution >= 4 is 16.7 Å². The first-order valence-corrected chi connectivity index (χ1v) is 9.16. The molecule has 2 aromatic heterocycles. The third-order valence-corrected chi connectivity index (χ3v) is 4.71. The summed E-state index contributed by atoms with van der Waals surface area (Å²) in [6, 6.07) is 14.8. The summed E-state index contributed by atoms with van der Waals surface area (Å²) in [4.78, 5) is 12.2. The molecular formula is C22H21FN4.